The lowest BCUT2D eigenvalue weighted by molar-refractivity contribution is 0.325. The van der Waals surface area contributed by atoms with Crippen molar-refractivity contribution in [2.45, 2.75) is 46.0 Å². The van der Waals surface area contributed by atoms with Crippen LogP contribution in [0.2, 0.25) is 0 Å². The van der Waals surface area contributed by atoms with Gasteiger partial charge in [-0.2, -0.15) is 0 Å². The molecule has 1 saturated heterocycles. The van der Waals surface area contributed by atoms with Gasteiger partial charge in [0.15, 0.2) is 0 Å². The second-order valence-electron chi connectivity index (χ2n) is 6.84. The molecule has 1 aromatic rings. The molecule has 0 saturated carbocycles. The average Bonchev–Trinajstić information content (AvgIpc) is 2.59. The van der Waals surface area contributed by atoms with Gasteiger partial charge in [0.05, 0.1) is 0 Å². The molecule has 0 aromatic heterocycles. The van der Waals surface area contributed by atoms with E-state index in [9.17, 15) is 0 Å². The Balaban J connectivity index is 1.86. The molecule has 2 heteroatoms. The predicted octanol–water partition coefficient (Wildman–Crippen LogP) is 4.06. The van der Waals surface area contributed by atoms with Crippen LogP contribution >= 0.6 is 0 Å². The lowest BCUT2D eigenvalue weighted by Gasteiger charge is -2.30. The summed E-state index contributed by atoms with van der Waals surface area (Å²) in [6.07, 6.45) is 6.49. The molecule has 0 unspecified atom stereocenters. The summed E-state index contributed by atoms with van der Waals surface area (Å²) in [5, 5.41) is 3.55. The molecule has 1 N–H and O–H groups in total. The zero-order valence-electron chi connectivity index (χ0n) is 12.3. The number of nitrogens with zero attached hydrogens (tertiary/aromatic N) is 1. The molecule has 2 aliphatic rings. The summed E-state index contributed by atoms with van der Waals surface area (Å²) in [6.45, 7) is 8.39. The number of anilines is 2. The Morgan fingerprint density at radius 1 is 1.11 bits per heavy atom. The number of hydrogen-bond donors (Lipinski definition) is 1. The summed E-state index contributed by atoms with van der Waals surface area (Å²) in [4.78, 5) is 2.63. The third-order valence-corrected chi connectivity index (χ3v) is 4.75. The minimum absolute atomic E-state index is 0.516. The van der Waals surface area contributed by atoms with E-state index in [0.29, 0.717) is 5.41 Å². The lowest BCUT2D eigenvalue weighted by atomic mass is 9.85. The first kappa shape index (κ1) is 12.8. The van der Waals surface area contributed by atoms with Crippen LogP contribution in [-0.2, 0) is 6.42 Å². The molecule has 0 radical (unpaired) electrons. The van der Waals surface area contributed by atoms with Crippen molar-refractivity contribution >= 4 is 11.4 Å². The normalized spacial score (nSPS) is 22.3. The summed E-state index contributed by atoms with van der Waals surface area (Å²) in [7, 11) is 0. The number of nitrogens with one attached hydrogen (secondary N) is 1. The Labute approximate surface area is 117 Å². The van der Waals surface area contributed by atoms with Crippen molar-refractivity contribution in [3.63, 3.8) is 0 Å². The molecule has 1 fully saturated rings. The summed E-state index contributed by atoms with van der Waals surface area (Å²) in [5.41, 5.74) is 4.92. The molecule has 0 amide bonds. The van der Waals surface area contributed by atoms with E-state index in [-0.39, 0.29) is 0 Å². The Kier molecular flexibility index (Phi) is 3.42. The van der Waals surface area contributed by atoms with Gasteiger partial charge in [0, 0.05) is 31.0 Å². The molecule has 0 spiro atoms. The maximum Gasteiger partial charge on any atom is 0.0419 e. The second kappa shape index (κ2) is 5.07. The third kappa shape index (κ3) is 2.72. The Bertz CT molecular complexity index is 451. The van der Waals surface area contributed by atoms with Crippen LogP contribution in [0.3, 0.4) is 0 Å². The maximum absolute atomic E-state index is 3.55. The van der Waals surface area contributed by atoms with Crippen molar-refractivity contribution in [3.8, 4) is 0 Å². The van der Waals surface area contributed by atoms with Gasteiger partial charge >= 0.3 is 0 Å². The van der Waals surface area contributed by atoms with Crippen molar-refractivity contribution in [2.24, 2.45) is 5.41 Å². The van der Waals surface area contributed by atoms with Gasteiger partial charge in [0.2, 0.25) is 0 Å². The molecule has 2 nitrogen and oxygen atoms in total. The lowest BCUT2D eigenvalue weighted by Crippen LogP contribution is -2.27. The highest BCUT2D eigenvalue weighted by Crippen LogP contribution is 2.36. The quantitative estimate of drug-likeness (QED) is 0.817. The van der Waals surface area contributed by atoms with E-state index >= 15 is 0 Å². The zero-order valence-corrected chi connectivity index (χ0v) is 12.3. The fourth-order valence-electron chi connectivity index (χ4n) is 3.45. The first-order chi connectivity index (χ1) is 9.16. The van der Waals surface area contributed by atoms with Crippen molar-refractivity contribution in [3.05, 3.63) is 23.8 Å². The number of benzene rings is 1. The summed E-state index contributed by atoms with van der Waals surface area (Å²) >= 11 is 0. The molecule has 1 aromatic carbocycles. The molecule has 2 heterocycles. The van der Waals surface area contributed by atoms with E-state index in [2.05, 4.69) is 42.3 Å². The van der Waals surface area contributed by atoms with Gasteiger partial charge in [-0.25, -0.2) is 0 Å². The monoisotopic (exact) mass is 258 g/mol. The maximum atomic E-state index is 3.55. The average molecular weight is 258 g/mol. The first-order valence-electron chi connectivity index (χ1n) is 7.76. The van der Waals surface area contributed by atoms with Gasteiger partial charge in [-0.05, 0) is 55.2 Å². The van der Waals surface area contributed by atoms with Crippen LogP contribution < -0.4 is 10.2 Å². The van der Waals surface area contributed by atoms with Gasteiger partial charge in [0.1, 0.15) is 0 Å². The Morgan fingerprint density at radius 3 is 2.89 bits per heavy atom. The highest BCUT2D eigenvalue weighted by atomic mass is 15.1. The van der Waals surface area contributed by atoms with Gasteiger partial charge in [-0.3, -0.25) is 0 Å². The molecule has 104 valence electrons. The molecule has 19 heavy (non-hydrogen) atoms. The molecule has 3 rings (SSSR count). The minimum atomic E-state index is 0.516. The van der Waals surface area contributed by atoms with Crippen LogP contribution in [0.15, 0.2) is 18.2 Å². The van der Waals surface area contributed by atoms with Crippen LogP contribution in [0.4, 0.5) is 11.4 Å². The van der Waals surface area contributed by atoms with Gasteiger partial charge < -0.3 is 10.2 Å². The van der Waals surface area contributed by atoms with E-state index in [1.807, 2.05) is 0 Å². The van der Waals surface area contributed by atoms with Crippen LogP contribution in [0.1, 0.15) is 45.1 Å². The molecular formula is C17H26N2. The number of rotatable bonds is 1. The van der Waals surface area contributed by atoms with Crippen LogP contribution in [0.25, 0.3) is 0 Å². The Hall–Kier alpha value is -1.18. The van der Waals surface area contributed by atoms with Crippen molar-refractivity contribution in [1.29, 1.82) is 0 Å². The third-order valence-electron chi connectivity index (χ3n) is 4.75. The highest BCUT2D eigenvalue weighted by molar-refractivity contribution is 5.68. The summed E-state index contributed by atoms with van der Waals surface area (Å²) in [5.74, 6) is 0. The molecular weight excluding hydrogens is 232 g/mol. The number of fused-ring (bicyclic) bond motifs is 1. The first-order valence-corrected chi connectivity index (χ1v) is 7.76. The predicted molar refractivity (Wildman–Crippen MR) is 83.1 cm³/mol. The molecule has 2 aliphatic heterocycles. The van der Waals surface area contributed by atoms with Gasteiger partial charge in [-0.15, -0.1) is 0 Å². The zero-order chi connectivity index (χ0) is 13.3. The van der Waals surface area contributed by atoms with Crippen LogP contribution in [0.5, 0.6) is 0 Å². The summed E-state index contributed by atoms with van der Waals surface area (Å²) in [6, 6.07) is 6.77. The van der Waals surface area contributed by atoms with Crippen LogP contribution in [0, 0.1) is 5.41 Å². The Morgan fingerprint density at radius 2 is 2.00 bits per heavy atom. The molecule has 0 aliphatic carbocycles. The number of hydrogen-bond acceptors (Lipinski definition) is 2. The van der Waals surface area contributed by atoms with Crippen molar-refractivity contribution in [1.82, 2.24) is 0 Å². The fraction of sp³-hybridized carbons (Fsp3) is 0.647. The molecule has 0 atom stereocenters. The van der Waals surface area contributed by atoms with Gasteiger partial charge in [-0.1, -0.05) is 19.9 Å². The standard InChI is InChI=1S/C17H26N2/c1-17(2)9-5-12-19(13-10-17)16-8-3-7-15-14(16)6-4-11-18-15/h3,7-8,18H,4-6,9-13H2,1-2H3. The smallest absolute Gasteiger partial charge is 0.0419 e. The van der Waals surface area contributed by atoms with E-state index in [4.69, 9.17) is 0 Å². The van der Waals surface area contributed by atoms with E-state index in [1.165, 1.54) is 56.6 Å². The minimum Gasteiger partial charge on any atom is -0.385 e. The van der Waals surface area contributed by atoms with Gasteiger partial charge in [0.25, 0.3) is 0 Å². The SMILES string of the molecule is CC1(C)CCCN(c2cccc3c2CCCN3)CC1. The second-order valence-corrected chi connectivity index (χ2v) is 6.84. The van der Waals surface area contributed by atoms with E-state index in [0.717, 1.165) is 6.54 Å². The summed E-state index contributed by atoms with van der Waals surface area (Å²) < 4.78 is 0. The van der Waals surface area contributed by atoms with Crippen molar-refractivity contribution in [2.75, 3.05) is 29.9 Å². The van der Waals surface area contributed by atoms with E-state index < -0.39 is 0 Å². The van der Waals surface area contributed by atoms with Crippen molar-refractivity contribution < 1.29 is 0 Å². The largest absolute Gasteiger partial charge is 0.385 e. The highest BCUT2D eigenvalue weighted by Gasteiger charge is 2.25. The molecule has 0 bridgehead atoms. The topological polar surface area (TPSA) is 15.3 Å². The fourth-order valence-corrected chi connectivity index (χ4v) is 3.45. The van der Waals surface area contributed by atoms with Crippen LogP contribution in [-0.4, -0.2) is 19.6 Å². The van der Waals surface area contributed by atoms with E-state index in [1.54, 1.807) is 5.56 Å².